The lowest BCUT2D eigenvalue weighted by atomic mass is 10.1. The van der Waals surface area contributed by atoms with Crippen LogP contribution in [0.4, 0.5) is 5.69 Å². The second-order valence-corrected chi connectivity index (χ2v) is 4.96. The number of Topliss-reactive ketones (excluding diaryl/α,β-unsaturated/α-hetero) is 2. The van der Waals surface area contributed by atoms with Crippen LogP contribution in [-0.2, 0) is 0 Å². The van der Waals surface area contributed by atoms with Crippen molar-refractivity contribution in [3.63, 3.8) is 0 Å². The van der Waals surface area contributed by atoms with Gasteiger partial charge in [0.2, 0.25) is 0 Å². The fourth-order valence-corrected chi connectivity index (χ4v) is 2.47. The molecule has 2 aromatic carbocycles. The van der Waals surface area contributed by atoms with Crippen LogP contribution in [0.3, 0.4) is 0 Å². The Balaban J connectivity index is 1.92. The SMILES string of the molecule is O=C1C(=C/C=C/c2ccccc2[N+](=O)[O-])C(=O)c2ccccc21. The molecule has 5 nitrogen and oxygen atoms in total. The van der Waals surface area contributed by atoms with Gasteiger partial charge in [-0.1, -0.05) is 42.5 Å². The van der Waals surface area contributed by atoms with Gasteiger partial charge in [-0.15, -0.1) is 0 Å². The summed E-state index contributed by atoms with van der Waals surface area (Å²) in [5.41, 5.74) is 1.23. The van der Waals surface area contributed by atoms with Crippen LogP contribution in [0, 0.1) is 10.1 Å². The van der Waals surface area contributed by atoms with E-state index in [1.807, 2.05) is 0 Å². The molecule has 0 atom stereocenters. The number of allylic oxidation sites excluding steroid dienone is 3. The van der Waals surface area contributed by atoms with E-state index >= 15 is 0 Å². The first-order valence-corrected chi connectivity index (χ1v) is 6.90. The molecule has 0 aliphatic heterocycles. The molecule has 3 rings (SSSR count). The second-order valence-electron chi connectivity index (χ2n) is 4.96. The van der Waals surface area contributed by atoms with Crippen molar-refractivity contribution in [3.8, 4) is 0 Å². The highest BCUT2D eigenvalue weighted by molar-refractivity contribution is 6.39. The summed E-state index contributed by atoms with van der Waals surface area (Å²) in [5, 5.41) is 10.9. The maximum Gasteiger partial charge on any atom is 0.276 e. The number of carbonyl (C=O) groups is 2. The molecule has 1 aliphatic carbocycles. The summed E-state index contributed by atoms with van der Waals surface area (Å²) in [6.45, 7) is 0. The molecule has 0 heterocycles. The molecular formula is C18H11NO4. The van der Waals surface area contributed by atoms with Crippen LogP contribution in [-0.4, -0.2) is 16.5 Å². The van der Waals surface area contributed by atoms with Gasteiger partial charge >= 0.3 is 0 Å². The van der Waals surface area contributed by atoms with E-state index in [0.29, 0.717) is 16.7 Å². The Labute approximate surface area is 131 Å². The average Bonchev–Trinajstić information content (AvgIpc) is 2.80. The van der Waals surface area contributed by atoms with Crippen LogP contribution in [0.1, 0.15) is 26.3 Å². The Morgan fingerprint density at radius 2 is 1.43 bits per heavy atom. The molecule has 1 aliphatic rings. The quantitative estimate of drug-likeness (QED) is 0.375. The first kappa shape index (κ1) is 14.6. The number of hydrogen-bond acceptors (Lipinski definition) is 4. The molecule has 0 spiro atoms. The van der Waals surface area contributed by atoms with E-state index in [1.54, 1.807) is 42.5 Å². The summed E-state index contributed by atoms with van der Waals surface area (Å²) in [5.74, 6) is -0.643. The van der Waals surface area contributed by atoms with Crippen molar-refractivity contribution < 1.29 is 14.5 Å². The minimum atomic E-state index is -0.478. The van der Waals surface area contributed by atoms with Crippen molar-refractivity contribution in [2.75, 3.05) is 0 Å². The highest BCUT2D eigenvalue weighted by Gasteiger charge is 2.31. The van der Waals surface area contributed by atoms with Gasteiger partial charge < -0.3 is 0 Å². The smallest absolute Gasteiger partial charge is 0.276 e. The van der Waals surface area contributed by atoms with Crippen molar-refractivity contribution in [2.24, 2.45) is 0 Å². The monoisotopic (exact) mass is 305 g/mol. The molecule has 0 saturated heterocycles. The Morgan fingerprint density at radius 1 is 0.870 bits per heavy atom. The van der Waals surface area contributed by atoms with Gasteiger partial charge in [0.05, 0.1) is 16.1 Å². The largest absolute Gasteiger partial charge is 0.288 e. The molecule has 0 fully saturated rings. The zero-order valence-corrected chi connectivity index (χ0v) is 11.9. The lowest BCUT2D eigenvalue weighted by molar-refractivity contribution is -0.385. The van der Waals surface area contributed by atoms with Crippen LogP contribution in [0.15, 0.2) is 66.3 Å². The molecule has 112 valence electrons. The molecule has 0 bridgehead atoms. The Morgan fingerprint density at radius 3 is 2.04 bits per heavy atom. The van der Waals surface area contributed by atoms with Crippen molar-refractivity contribution in [2.45, 2.75) is 0 Å². The summed E-state index contributed by atoms with van der Waals surface area (Å²) in [6.07, 6.45) is 4.40. The normalized spacial score (nSPS) is 13.5. The van der Waals surface area contributed by atoms with Gasteiger partial charge in [-0.25, -0.2) is 0 Å². The molecule has 0 N–H and O–H groups in total. The topological polar surface area (TPSA) is 77.3 Å². The summed E-state index contributed by atoms with van der Waals surface area (Å²) in [6, 6.07) is 12.9. The van der Waals surface area contributed by atoms with Crippen LogP contribution < -0.4 is 0 Å². The number of rotatable bonds is 3. The van der Waals surface area contributed by atoms with Gasteiger partial charge in [-0.05, 0) is 18.2 Å². The number of benzene rings is 2. The van der Waals surface area contributed by atoms with E-state index in [0.717, 1.165) is 0 Å². The van der Waals surface area contributed by atoms with Gasteiger partial charge in [0.15, 0.2) is 11.6 Å². The number of fused-ring (bicyclic) bond motifs is 1. The fourth-order valence-electron chi connectivity index (χ4n) is 2.47. The third-order valence-electron chi connectivity index (χ3n) is 3.58. The van der Waals surface area contributed by atoms with E-state index in [4.69, 9.17) is 0 Å². The third-order valence-corrected chi connectivity index (χ3v) is 3.58. The molecule has 0 amide bonds. The minimum Gasteiger partial charge on any atom is -0.288 e. The van der Waals surface area contributed by atoms with Crippen LogP contribution in [0.25, 0.3) is 6.08 Å². The second kappa shape index (κ2) is 5.81. The van der Waals surface area contributed by atoms with Crippen LogP contribution in [0.2, 0.25) is 0 Å². The Hall–Kier alpha value is -3.34. The molecule has 0 unspecified atom stereocenters. The lowest BCUT2D eigenvalue weighted by Gasteiger charge is -1.95. The van der Waals surface area contributed by atoms with Gasteiger partial charge in [0.25, 0.3) is 5.69 Å². The summed E-state index contributed by atoms with van der Waals surface area (Å²) >= 11 is 0. The molecule has 0 saturated carbocycles. The van der Waals surface area contributed by atoms with Crippen molar-refractivity contribution >= 4 is 23.3 Å². The summed E-state index contributed by atoms with van der Waals surface area (Å²) in [4.78, 5) is 34.9. The van der Waals surface area contributed by atoms with E-state index in [-0.39, 0.29) is 22.8 Å². The number of para-hydroxylation sites is 1. The molecule has 0 radical (unpaired) electrons. The van der Waals surface area contributed by atoms with Gasteiger partial charge in [-0.3, -0.25) is 19.7 Å². The predicted octanol–water partition coefficient (Wildman–Crippen LogP) is 3.61. The number of carbonyl (C=O) groups excluding carboxylic acids is 2. The van der Waals surface area contributed by atoms with Crippen molar-refractivity contribution in [1.29, 1.82) is 0 Å². The maximum absolute atomic E-state index is 12.2. The van der Waals surface area contributed by atoms with Crippen LogP contribution in [0.5, 0.6) is 0 Å². The number of ketones is 2. The molecule has 0 aromatic heterocycles. The van der Waals surface area contributed by atoms with Gasteiger partial charge in [0.1, 0.15) is 0 Å². The number of nitro groups is 1. The standard InChI is InChI=1S/C18H11NO4/c20-17-13-8-2-3-9-14(13)18(21)15(17)10-5-7-12-6-1-4-11-16(12)19(22)23/h1-11H/b7-5+. The lowest BCUT2D eigenvalue weighted by Crippen LogP contribution is -1.99. The van der Waals surface area contributed by atoms with Crippen molar-refractivity contribution in [1.82, 2.24) is 0 Å². The zero-order valence-electron chi connectivity index (χ0n) is 11.9. The molecule has 5 heteroatoms. The zero-order chi connectivity index (χ0) is 16.4. The number of nitro benzene ring substituents is 1. The van der Waals surface area contributed by atoms with E-state index in [1.165, 1.54) is 24.3 Å². The summed E-state index contributed by atoms with van der Waals surface area (Å²) < 4.78 is 0. The average molecular weight is 305 g/mol. The number of nitrogens with zero attached hydrogens (tertiary/aromatic N) is 1. The highest BCUT2D eigenvalue weighted by Crippen LogP contribution is 2.26. The van der Waals surface area contributed by atoms with Crippen LogP contribution >= 0.6 is 0 Å². The van der Waals surface area contributed by atoms with E-state index in [9.17, 15) is 19.7 Å². The minimum absolute atomic E-state index is 0.0329. The van der Waals surface area contributed by atoms with Crippen molar-refractivity contribution in [3.05, 3.63) is 93.1 Å². The highest BCUT2D eigenvalue weighted by atomic mass is 16.6. The fraction of sp³-hybridized carbons (Fsp3) is 0. The van der Waals surface area contributed by atoms with E-state index < -0.39 is 4.92 Å². The number of hydrogen-bond donors (Lipinski definition) is 0. The summed E-state index contributed by atoms with van der Waals surface area (Å²) in [7, 11) is 0. The Bertz CT molecular complexity index is 856. The molecule has 2 aromatic rings. The van der Waals surface area contributed by atoms with Gasteiger partial charge in [-0.2, -0.15) is 0 Å². The first-order valence-electron chi connectivity index (χ1n) is 6.90. The molecular weight excluding hydrogens is 294 g/mol. The first-order chi connectivity index (χ1) is 11.1. The predicted molar refractivity (Wildman–Crippen MR) is 85.3 cm³/mol. The van der Waals surface area contributed by atoms with Gasteiger partial charge in [0, 0.05) is 17.2 Å². The Kier molecular flexibility index (Phi) is 3.68. The third kappa shape index (κ3) is 2.60. The maximum atomic E-state index is 12.2. The molecule has 23 heavy (non-hydrogen) atoms. The van der Waals surface area contributed by atoms with E-state index in [2.05, 4.69) is 0 Å².